The summed E-state index contributed by atoms with van der Waals surface area (Å²) in [5.41, 5.74) is 0.163. The molecular formula is C14H9F3O2. The van der Waals surface area contributed by atoms with Crippen LogP contribution in [0.2, 0.25) is 0 Å². The Morgan fingerprint density at radius 2 is 1.68 bits per heavy atom. The lowest BCUT2D eigenvalue weighted by Gasteiger charge is -2.04. The Kier molecular flexibility index (Phi) is 3.29. The van der Waals surface area contributed by atoms with Gasteiger partial charge in [0.1, 0.15) is 5.76 Å². The molecule has 98 valence electrons. The van der Waals surface area contributed by atoms with E-state index >= 15 is 0 Å². The molecule has 0 saturated carbocycles. The van der Waals surface area contributed by atoms with Crippen molar-refractivity contribution in [2.45, 2.75) is 6.18 Å². The van der Waals surface area contributed by atoms with Crippen LogP contribution in [-0.4, -0.2) is 17.1 Å². The maximum atomic E-state index is 12.1. The van der Waals surface area contributed by atoms with Gasteiger partial charge in [-0.15, -0.1) is 0 Å². The molecule has 0 aliphatic carbocycles. The normalized spacial score (nSPS) is 12.7. The molecule has 0 spiro atoms. The van der Waals surface area contributed by atoms with Crippen molar-refractivity contribution in [2.75, 3.05) is 0 Å². The van der Waals surface area contributed by atoms with Gasteiger partial charge in [-0.3, -0.25) is 4.79 Å². The van der Waals surface area contributed by atoms with Crippen LogP contribution in [0.15, 0.2) is 48.5 Å². The first kappa shape index (κ1) is 13.1. The van der Waals surface area contributed by atoms with E-state index in [0.29, 0.717) is 0 Å². The molecule has 0 aliphatic heterocycles. The number of aliphatic hydroxyl groups is 1. The summed E-state index contributed by atoms with van der Waals surface area (Å²) in [6.45, 7) is 0. The highest BCUT2D eigenvalue weighted by Gasteiger charge is 2.36. The number of benzene rings is 2. The Balaban J connectivity index is 2.39. The summed E-state index contributed by atoms with van der Waals surface area (Å²) in [4.78, 5) is 10.8. The first-order valence-electron chi connectivity index (χ1n) is 5.39. The number of hydrogen-bond acceptors (Lipinski definition) is 2. The van der Waals surface area contributed by atoms with E-state index in [9.17, 15) is 23.1 Å². The minimum Gasteiger partial charge on any atom is -0.507 e. The zero-order valence-electron chi connectivity index (χ0n) is 9.61. The molecule has 0 heterocycles. The second-order valence-electron chi connectivity index (χ2n) is 3.95. The largest absolute Gasteiger partial charge is 0.507 e. The van der Waals surface area contributed by atoms with Crippen molar-refractivity contribution in [1.82, 2.24) is 0 Å². The fraction of sp³-hybridized carbons (Fsp3) is 0.0714. The smallest absolute Gasteiger partial charge is 0.454 e. The van der Waals surface area contributed by atoms with E-state index in [2.05, 4.69) is 0 Å². The average molecular weight is 266 g/mol. The molecule has 0 saturated heterocycles. The average Bonchev–Trinajstić information content (AvgIpc) is 2.37. The van der Waals surface area contributed by atoms with Crippen LogP contribution in [0, 0.1) is 0 Å². The molecule has 0 aliphatic rings. The first-order valence-corrected chi connectivity index (χ1v) is 5.39. The zero-order chi connectivity index (χ0) is 14.0. The van der Waals surface area contributed by atoms with Crippen molar-refractivity contribution in [3.8, 4) is 0 Å². The van der Waals surface area contributed by atoms with Crippen molar-refractivity contribution < 1.29 is 23.1 Å². The minimum absolute atomic E-state index is 0.163. The first-order chi connectivity index (χ1) is 8.88. The van der Waals surface area contributed by atoms with Gasteiger partial charge in [0.25, 0.3) is 5.78 Å². The van der Waals surface area contributed by atoms with Crippen LogP contribution in [0.5, 0.6) is 0 Å². The van der Waals surface area contributed by atoms with Gasteiger partial charge in [0.15, 0.2) is 0 Å². The Hall–Kier alpha value is -2.30. The molecule has 1 N–H and O–H groups in total. The lowest BCUT2D eigenvalue weighted by atomic mass is 10.1. The van der Waals surface area contributed by atoms with E-state index in [1.165, 1.54) is 12.1 Å². The molecular weight excluding hydrogens is 257 g/mol. The summed E-state index contributed by atoms with van der Waals surface area (Å²) >= 11 is 0. The van der Waals surface area contributed by atoms with Gasteiger partial charge in [0.05, 0.1) is 0 Å². The second-order valence-corrected chi connectivity index (χ2v) is 3.95. The van der Waals surface area contributed by atoms with E-state index in [0.717, 1.165) is 10.8 Å². The van der Waals surface area contributed by atoms with Gasteiger partial charge < -0.3 is 5.11 Å². The SMILES string of the molecule is O=C(C=C(O)c1ccc2ccccc2c1)C(F)(F)F. The molecule has 19 heavy (non-hydrogen) atoms. The fourth-order valence-corrected chi connectivity index (χ4v) is 1.64. The molecule has 2 nitrogen and oxygen atoms in total. The highest BCUT2D eigenvalue weighted by atomic mass is 19.4. The van der Waals surface area contributed by atoms with Crippen LogP contribution >= 0.6 is 0 Å². The monoisotopic (exact) mass is 266 g/mol. The van der Waals surface area contributed by atoms with E-state index in [1.807, 2.05) is 12.1 Å². The number of alkyl halides is 3. The highest BCUT2D eigenvalue weighted by Crippen LogP contribution is 2.22. The Morgan fingerprint density at radius 1 is 1.05 bits per heavy atom. The van der Waals surface area contributed by atoms with Gasteiger partial charge in [-0.05, 0) is 16.8 Å². The maximum Gasteiger partial charge on any atom is 0.454 e. The van der Waals surface area contributed by atoms with E-state index in [1.54, 1.807) is 18.2 Å². The van der Waals surface area contributed by atoms with E-state index in [-0.39, 0.29) is 11.6 Å². The van der Waals surface area contributed by atoms with Gasteiger partial charge in [-0.25, -0.2) is 0 Å². The number of allylic oxidation sites excluding steroid dienone is 1. The number of halogens is 3. The minimum atomic E-state index is -4.98. The lowest BCUT2D eigenvalue weighted by Crippen LogP contribution is -2.20. The molecule has 2 rings (SSSR count). The van der Waals surface area contributed by atoms with Crippen molar-refractivity contribution in [1.29, 1.82) is 0 Å². The molecule has 0 bridgehead atoms. The molecule has 0 unspecified atom stereocenters. The Labute approximate surface area is 106 Å². The second kappa shape index (κ2) is 4.76. The predicted octanol–water partition coefficient (Wildman–Crippen LogP) is 3.87. The Bertz CT molecular complexity index is 657. The van der Waals surface area contributed by atoms with Gasteiger partial charge in [0.2, 0.25) is 0 Å². The van der Waals surface area contributed by atoms with Gasteiger partial charge in [0, 0.05) is 11.6 Å². The van der Waals surface area contributed by atoms with Crippen LogP contribution in [0.25, 0.3) is 16.5 Å². The van der Waals surface area contributed by atoms with Gasteiger partial charge in [-0.2, -0.15) is 13.2 Å². The van der Waals surface area contributed by atoms with Gasteiger partial charge in [-0.1, -0.05) is 36.4 Å². The summed E-state index contributed by atoms with van der Waals surface area (Å²) in [5.74, 6) is -2.79. The van der Waals surface area contributed by atoms with E-state index < -0.39 is 17.7 Å². The van der Waals surface area contributed by atoms with Crippen molar-refractivity contribution in [3.05, 3.63) is 54.1 Å². The molecule has 0 aromatic heterocycles. The number of hydrogen-bond donors (Lipinski definition) is 1. The lowest BCUT2D eigenvalue weighted by molar-refractivity contribution is -0.165. The van der Waals surface area contributed by atoms with Crippen LogP contribution in [0.3, 0.4) is 0 Å². The van der Waals surface area contributed by atoms with Crippen molar-refractivity contribution in [3.63, 3.8) is 0 Å². The van der Waals surface area contributed by atoms with Crippen LogP contribution in [0.1, 0.15) is 5.56 Å². The molecule has 2 aromatic carbocycles. The third kappa shape index (κ3) is 2.93. The highest BCUT2D eigenvalue weighted by molar-refractivity contribution is 5.99. The number of fused-ring (bicyclic) bond motifs is 1. The van der Waals surface area contributed by atoms with Crippen molar-refractivity contribution >= 4 is 22.3 Å². The molecule has 0 atom stereocenters. The summed E-state index contributed by atoms with van der Waals surface area (Å²) in [7, 11) is 0. The van der Waals surface area contributed by atoms with E-state index in [4.69, 9.17) is 0 Å². The summed E-state index contributed by atoms with van der Waals surface area (Å²) < 4.78 is 36.2. The van der Waals surface area contributed by atoms with Gasteiger partial charge >= 0.3 is 6.18 Å². The Morgan fingerprint density at radius 3 is 2.32 bits per heavy atom. The fourth-order valence-electron chi connectivity index (χ4n) is 1.64. The summed E-state index contributed by atoms with van der Waals surface area (Å²) in [5, 5.41) is 11.2. The third-order valence-corrected chi connectivity index (χ3v) is 2.59. The topological polar surface area (TPSA) is 37.3 Å². The standard InChI is InChI=1S/C14H9F3O2/c15-14(16,17)13(19)8-12(18)11-6-5-9-3-1-2-4-10(9)7-11/h1-8,18H. The van der Waals surface area contributed by atoms with Crippen LogP contribution < -0.4 is 0 Å². The number of aliphatic hydroxyl groups excluding tert-OH is 1. The molecule has 0 radical (unpaired) electrons. The zero-order valence-corrected chi connectivity index (χ0v) is 9.61. The summed E-state index contributed by atoms with van der Waals surface area (Å²) in [6.07, 6.45) is -4.80. The number of ketones is 1. The third-order valence-electron chi connectivity index (χ3n) is 2.59. The quantitative estimate of drug-likeness (QED) is 0.661. The molecule has 2 aromatic rings. The molecule has 0 fully saturated rings. The van der Waals surface area contributed by atoms with Crippen LogP contribution in [-0.2, 0) is 4.79 Å². The number of carbonyl (C=O) groups excluding carboxylic acids is 1. The molecule has 0 amide bonds. The number of rotatable bonds is 2. The van der Waals surface area contributed by atoms with Crippen LogP contribution in [0.4, 0.5) is 13.2 Å². The van der Waals surface area contributed by atoms with Crippen molar-refractivity contribution in [2.24, 2.45) is 0 Å². The maximum absolute atomic E-state index is 12.1. The predicted molar refractivity (Wildman–Crippen MR) is 65.6 cm³/mol. The summed E-state index contributed by atoms with van der Waals surface area (Å²) in [6, 6.07) is 11.8. The molecule has 5 heteroatoms. The number of carbonyl (C=O) groups is 1.